The van der Waals surface area contributed by atoms with E-state index in [0.717, 1.165) is 6.92 Å². The van der Waals surface area contributed by atoms with Gasteiger partial charge in [0.15, 0.2) is 5.78 Å². The topological polar surface area (TPSA) is 90.0 Å². The minimum Gasteiger partial charge on any atom is -0.444 e. The van der Waals surface area contributed by atoms with E-state index in [1.807, 2.05) is 0 Å². The first kappa shape index (κ1) is 22.3. The Balaban J connectivity index is 3.14. The first-order valence-electron chi connectivity index (χ1n) is 7.78. The van der Waals surface area contributed by atoms with E-state index < -0.39 is 44.9 Å². The second-order valence-corrected chi connectivity index (χ2v) is 8.46. The van der Waals surface area contributed by atoms with Gasteiger partial charge in [0.25, 0.3) is 0 Å². The van der Waals surface area contributed by atoms with Crippen molar-refractivity contribution in [3.05, 3.63) is 11.3 Å². The fourth-order valence-corrected chi connectivity index (χ4v) is 2.86. The Morgan fingerprint density at radius 3 is 2.15 bits per heavy atom. The number of hydrogen-bond acceptors (Lipinski definition) is 6. The number of alkyl halides is 3. The first-order chi connectivity index (χ1) is 11.5. The molecule has 11 heteroatoms. The number of halogens is 3. The third-order valence-corrected chi connectivity index (χ3v) is 4.48. The van der Waals surface area contributed by atoms with Gasteiger partial charge in [0.2, 0.25) is 0 Å². The number of carbonyl (C=O) groups excluding carboxylic acids is 2. The molecular formula is C15H22F3NO6S. The molecule has 0 aliphatic carbocycles. The largest absolute Gasteiger partial charge is 0.534 e. The standard InChI is InChI=1S/C15H22F3NO6S/c1-9-8-11(10(2)20)12(25-26(22,23)15(16,17)18)6-7-19(9)13(21)24-14(3,4)5/h9H,6-8H2,1-5H3. The van der Waals surface area contributed by atoms with E-state index in [9.17, 15) is 31.2 Å². The predicted molar refractivity (Wildman–Crippen MR) is 85.4 cm³/mol. The summed E-state index contributed by atoms with van der Waals surface area (Å²) < 4.78 is 69.8. The number of nitrogens with zero attached hydrogens (tertiary/aromatic N) is 1. The summed E-state index contributed by atoms with van der Waals surface area (Å²) in [6.07, 6.45) is -1.24. The van der Waals surface area contributed by atoms with Gasteiger partial charge in [-0.05, 0) is 41.0 Å². The highest BCUT2D eigenvalue weighted by Gasteiger charge is 2.49. The van der Waals surface area contributed by atoms with E-state index in [2.05, 4.69) is 4.18 Å². The second kappa shape index (κ2) is 7.45. The Labute approximate surface area is 150 Å². The van der Waals surface area contributed by atoms with Crippen LogP contribution >= 0.6 is 0 Å². The molecule has 1 aliphatic heterocycles. The quantitative estimate of drug-likeness (QED) is 0.533. The van der Waals surface area contributed by atoms with Gasteiger partial charge in [-0.1, -0.05) is 0 Å². The van der Waals surface area contributed by atoms with Gasteiger partial charge in [0, 0.05) is 24.6 Å². The molecule has 0 bridgehead atoms. The van der Waals surface area contributed by atoms with Crippen molar-refractivity contribution >= 4 is 22.0 Å². The van der Waals surface area contributed by atoms with Crippen molar-refractivity contribution in [2.24, 2.45) is 0 Å². The molecule has 1 unspecified atom stereocenters. The molecule has 0 fully saturated rings. The van der Waals surface area contributed by atoms with Crippen LogP contribution in [0.15, 0.2) is 11.3 Å². The van der Waals surface area contributed by atoms with E-state index in [4.69, 9.17) is 4.74 Å². The molecule has 0 N–H and O–H groups in total. The van der Waals surface area contributed by atoms with E-state index in [0.29, 0.717) is 0 Å². The zero-order valence-corrected chi connectivity index (χ0v) is 16.0. The van der Waals surface area contributed by atoms with E-state index in [-0.39, 0.29) is 25.0 Å². The Bertz CT molecular complexity index is 706. The third kappa shape index (κ3) is 5.61. The summed E-state index contributed by atoms with van der Waals surface area (Å²) in [6.45, 7) is 7.46. The molecule has 0 spiro atoms. The molecule has 0 radical (unpaired) electrons. The van der Waals surface area contributed by atoms with Crippen LogP contribution in [0.3, 0.4) is 0 Å². The van der Waals surface area contributed by atoms with Gasteiger partial charge in [0.05, 0.1) is 0 Å². The molecule has 1 amide bonds. The van der Waals surface area contributed by atoms with Crippen molar-refractivity contribution in [3.63, 3.8) is 0 Å². The molecule has 26 heavy (non-hydrogen) atoms. The first-order valence-corrected chi connectivity index (χ1v) is 9.19. The highest BCUT2D eigenvalue weighted by Crippen LogP contribution is 2.32. The van der Waals surface area contributed by atoms with Crippen molar-refractivity contribution in [2.75, 3.05) is 6.54 Å². The maximum absolute atomic E-state index is 12.6. The number of carbonyl (C=O) groups is 2. The SMILES string of the molecule is CC(=O)C1=C(OS(=O)(=O)C(F)(F)F)CCN(C(=O)OC(C)(C)C)C(C)C1. The molecule has 1 heterocycles. The number of rotatable bonds is 3. The summed E-state index contributed by atoms with van der Waals surface area (Å²) in [5.41, 5.74) is -6.61. The van der Waals surface area contributed by atoms with Crippen molar-refractivity contribution < 1.29 is 40.1 Å². The molecule has 0 aromatic carbocycles. The van der Waals surface area contributed by atoms with Gasteiger partial charge in [0.1, 0.15) is 11.4 Å². The summed E-state index contributed by atoms with van der Waals surface area (Å²) in [6, 6.07) is -0.599. The van der Waals surface area contributed by atoms with Crippen molar-refractivity contribution in [3.8, 4) is 0 Å². The monoisotopic (exact) mass is 401 g/mol. The smallest absolute Gasteiger partial charge is 0.444 e. The lowest BCUT2D eigenvalue weighted by molar-refractivity contribution is -0.114. The van der Waals surface area contributed by atoms with Crippen LogP contribution in [0.4, 0.5) is 18.0 Å². The Morgan fingerprint density at radius 2 is 1.73 bits per heavy atom. The molecule has 150 valence electrons. The molecule has 0 saturated carbocycles. The van der Waals surface area contributed by atoms with Crippen LogP contribution in [0.5, 0.6) is 0 Å². The average molecular weight is 401 g/mol. The van der Waals surface area contributed by atoms with Crippen LogP contribution in [0, 0.1) is 0 Å². The molecule has 0 saturated heterocycles. The minimum atomic E-state index is -5.91. The Hall–Kier alpha value is -1.78. The highest BCUT2D eigenvalue weighted by molar-refractivity contribution is 7.87. The summed E-state index contributed by atoms with van der Waals surface area (Å²) in [4.78, 5) is 25.3. The lowest BCUT2D eigenvalue weighted by Gasteiger charge is -2.30. The van der Waals surface area contributed by atoms with E-state index in [1.165, 1.54) is 4.90 Å². The minimum absolute atomic E-state index is 0.155. The van der Waals surface area contributed by atoms with E-state index in [1.54, 1.807) is 27.7 Å². The number of hydrogen-bond donors (Lipinski definition) is 0. The van der Waals surface area contributed by atoms with Gasteiger partial charge >= 0.3 is 21.7 Å². The molecular weight excluding hydrogens is 379 g/mol. The molecule has 0 aromatic rings. The summed E-state index contributed by atoms with van der Waals surface area (Å²) in [5.74, 6) is -1.23. The second-order valence-electron chi connectivity index (χ2n) is 6.92. The Morgan fingerprint density at radius 1 is 1.19 bits per heavy atom. The number of Topliss-reactive ketones (excluding diaryl/α,β-unsaturated/α-hetero) is 1. The van der Waals surface area contributed by atoms with Crippen LogP contribution in [-0.4, -0.2) is 48.9 Å². The maximum atomic E-state index is 12.6. The van der Waals surface area contributed by atoms with E-state index >= 15 is 0 Å². The van der Waals surface area contributed by atoms with Crippen LogP contribution < -0.4 is 0 Å². The molecule has 1 aliphatic rings. The zero-order valence-electron chi connectivity index (χ0n) is 15.1. The van der Waals surface area contributed by atoms with Gasteiger partial charge in [-0.2, -0.15) is 21.6 Å². The number of ether oxygens (including phenoxy) is 1. The van der Waals surface area contributed by atoms with Crippen LogP contribution in [-0.2, 0) is 23.8 Å². The average Bonchev–Trinajstić information content (AvgIpc) is 2.55. The Kier molecular flexibility index (Phi) is 6.38. The summed E-state index contributed by atoms with van der Waals surface area (Å²) >= 11 is 0. The zero-order chi connectivity index (χ0) is 20.5. The lowest BCUT2D eigenvalue weighted by atomic mass is 10.0. The van der Waals surface area contributed by atoms with Crippen molar-refractivity contribution in [1.82, 2.24) is 4.90 Å². The van der Waals surface area contributed by atoms with Gasteiger partial charge in [-0.3, -0.25) is 4.79 Å². The summed E-state index contributed by atoms with van der Waals surface area (Å²) in [7, 11) is -5.91. The molecule has 1 rings (SSSR count). The van der Waals surface area contributed by atoms with Crippen LogP contribution in [0.1, 0.15) is 47.5 Å². The van der Waals surface area contributed by atoms with Crippen LogP contribution in [0.2, 0.25) is 0 Å². The van der Waals surface area contributed by atoms with Crippen molar-refractivity contribution in [2.45, 2.75) is 64.6 Å². The molecule has 1 atom stereocenters. The van der Waals surface area contributed by atoms with Gasteiger partial charge in [-0.25, -0.2) is 4.79 Å². The fourth-order valence-electron chi connectivity index (χ4n) is 2.32. The maximum Gasteiger partial charge on any atom is 0.534 e. The van der Waals surface area contributed by atoms with Crippen LogP contribution in [0.25, 0.3) is 0 Å². The van der Waals surface area contributed by atoms with Gasteiger partial charge < -0.3 is 13.8 Å². The normalized spacial score (nSPS) is 19.8. The predicted octanol–water partition coefficient (Wildman–Crippen LogP) is 3.12. The lowest BCUT2D eigenvalue weighted by Crippen LogP contribution is -2.42. The molecule has 0 aromatic heterocycles. The van der Waals surface area contributed by atoms with Gasteiger partial charge in [-0.15, -0.1) is 0 Å². The third-order valence-electron chi connectivity index (χ3n) is 3.49. The molecule has 7 nitrogen and oxygen atoms in total. The number of amides is 1. The van der Waals surface area contributed by atoms with Crippen molar-refractivity contribution in [1.29, 1.82) is 0 Å². The fraction of sp³-hybridized carbons (Fsp3) is 0.733. The summed E-state index contributed by atoms with van der Waals surface area (Å²) in [5, 5.41) is 0. The number of ketones is 1. The highest BCUT2D eigenvalue weighted by atomic mass is 32.2.